The minimum atomic E-state index is -0.151. The first kappa shape index (κ1) is 10.8. The zero-order valence-corrected chi connectivity index (χ0v) is 9.86. The van der Waals surface area contributed by atoms with Gasteiger partial charge in [0.1, 0.15) is 5.84 Å². The number of nitrogens with one attached hydrogen (secondary N) is 3. The molecule has 92 valence electrons. The number of aromatic nitrogens is 1. The zero-order chi connectivity index (χ0) is 12.4. The highest BCUT2D eigenvalue weighted by molar-refractivity contribution is 6.07. The topological polar surface area (TPSA) is 69.3 Å². The van der Waals surface area contributed by atoms with Crippen molar-refractivity contribution in [2.75, 3.05) is 6.54 Å². The van der Waals surface area contributed by atoms with E-state index >= 15 is 0 Å². The quantitative estimate of drug-likeness (QED) is 0.665. The maximum Gasteiger partial charge on any atom is 0.271 e. The number of H-pyrrole nitrogens is 1. The van der Waals surface area contributed by atoms with Crippen LogP contribution in [0.5, 0.6) is 0 Å². The monoisotopic (exact) mass is 242 g/mol. The molecule has 3 N–H and O–H groups in total. The van der Waals surface area contributed by atoms with Gasteiger partial charge in [-0.05, 0) is 12.5 Å². The van der Waals surface area contributed by atoms with Crippen molar-refractivity contribution in [3.63, 3.8) is 0 Å². The molecule has 0 aliphatic carbocycles. The van der Waals surface area contributed by atoms with E-state index in [-0.39, 0.29) is 5.91 Å². The van der Waals surface area contributed by atoms with Crippen LogP contribution in [0.25, 0.3) is 10.9 Å². The van der Waals surface area contributed by atoms with Gasteiger partial charge < -0.3 is 4.98 Å². The van der Waals surface area contributed by atoms with Crippen molar-refractivity contribution in [1.29, 1.82) is 0 Å². The maximum absolute atomic E-state index is 12.0. The van der Waals surface area contributed by atoms with E-state index in [0.717, 1.165) is 36.1 Å². The predicted molar refractivity (Wildman–Crippen MR) is 70.4 cm³/mol. The Labute approximate surface area is 104 Å². The summed E-state index contributed by atoms with van der Waals surface area (Å²) in [5.74, 6) is 0.699. The van der Waals surface area contributed by atoms with Gasteiger partial charge in [-0.15, -0.1) is 0 Å². The number of hydrazine groups is 1. The van der Waals surface area contributed by atoms with Crippen molar-refractivity contribution in [3.8, 4) is 0 Å². The lowest BCUT2D eigenvalue weighted by Gasteiger charge is -2.06. The van der Waals surface area contributed by atoms with Crippen LogP contribution in [0, 0.1) is 0 Å². The molecule has 2 aromatic rings. The molecule has 1 aromatic heterocycles. The fourth-order valence-corrected chi connectivity index (χ4v) is 2.10. The van der Waals surface area contributed by atoms with Crippen LogP contribution in [-0.4, -0.2) is 23.3 Å². The number of para-hydroxylation sites is 1. The lowest BCUT2D eigenvalue weighted by molar-refractivity contribution is 0.0945. The molecule has 0 unspecified atom stereocenters. The number of hydrogen-bond acceptors (Lipinski definition) is 3. The van der Waals surface area contributed by atoms with E-state index in [2.05, 4.69) is 20.8 Å². The number of rotatable bonds is 1. The van der Waals surface area contributed by atoms with Crippen LogP contribution in [0.3, 0.4) is 0 Å². The normalized spacial score (nSPS) is 14.6. The SMILES string of the molecule is O=C(NNC1=NCCC1)c1c[nH]c2ccccc12. The molecule has 18 heavy (non-hydrogen) atoms. The second kappa shape index (κ2) is 4.52. The number of nitrogens with zero attached hydrogens (tertiary/aromatic N) is 1. The van der Waals surface area contributed by atoms with Crippen LogP contribution < -0.4 is 10.9 Å². The number of amidine groups is 1. The van der Waals surface area contributed by atoms with Crippen molar-refractivity contribution in [3.05, 3.63) is 36.0 Å². The van der Waals surface area contributed by atoms with E-state index in [4.69, 9.17) is 0 Å². The molecule has 2 heterocycles. The van der Waals surface area contributed by atoms with Gasteiger partial charge in [0.15, 0.2) is 0 Å². The molecule has 1 aromatic carbocycles. The van der Waals surface area contributed by atoms with Crippen LogP contribution >= 0.6 is 0 Å². The summed E-state index contributed by atoms with van der Waals surface area (Å²) in [4.78, 5) is 19.3. The summed E-state index contributed by atoms with van der Waals surface area (Å²) in [6.07, 6.45) is 3.66. The first-order chi connectivity index (χ1) is 8.84. The number of amides is 1. The standard InChI is InChI=1S/C13H14N4O/c18-13(17-16-12-6-3-7-14-12)10-8-15-11-5-2-1-4-9(10)11/h1-2,4-5,8,15H,3,6-7H2,(H,14,16)(H,17,18). The minimum Gasteiger partial charge on any atom is -0.360 e. The van der Waals surface area contributed by atoms with Crippen molar-refractivity contribution in [2.24, 2.45) is 4.99 Å². The molecule has 1 amide bonds. The Balaban J connectivity index is 1.75. The first-order valence-corrected chi connectivity index (χ1v) is 6.00. The van der Waals surface area contributed by atoms with Gasteiger partial charge in [0, 0.05) is 30.1 Å². The molecule has 1 aliphatic rings. The molecule has 5 heteroatoms. The largest absolute Gasteiger partial charge is 0.360 e. The van der Waals surface area contributed by atoms with Crippen LogP contribution in [-0.2, 0) is 0 Å². The van der Waals surface area contributed by atoms with E-state index in [1.807, 2.05) is 24.3 Å². The van der Waals surface area contributed by atoms with Crippen molar-refractivity contribution < 1.29 is 4.79 Å². The van der Waals surface area contributed by atoms with E-state index in [0.29, 0.717) is 5.56 Å². The number of benzene rings is 1. The first-order valence-electron chi connectivity index (χ1n) is 6.00. The Bertz CT molecular complexity index is 614. The summed E-state index contributed by atoms with van der Waals surface area (Å²) in [7, 11) is 0. The summed E-state index contributed by atoms with van der Waals surface area (Å²) in [6, 6.07) is 7.72. The van der Waals surface area contributed by atoms with Crippen LogP contribution in [0.4, 0.5) is 0 Å². The Kier molecular flexibility index (Phi) is 2.72. The molecule has 0 fully saturated rings. The zero-order valence-electron chi connectivity index (χ0n) is 9.86. The highest BCUT2D eigenvalue weighted by Crippen LogP contribution is 2.17. The molecule has 0 atom stereocenters. The van der Waals surface area contributed by atoms with Crippen molar-refractivity contribution in [2.45, 2.75) is 12.8 Å². The number of carbonyl (C=O) groups excluding carboxylic acids is 1. The van der Waals surface area contributed by atoms with Gasteiger partial charge in [-0.3, -0.25) is 20.6 Å². The third-order valence-corrected chi connectivity index (χ3v) is 3.03. The predicted octanol–water partition coefficient (Wildman–Crippen LogP) is 1.59. The molecular weight excluding hydrogens is 228 g/mol. The molecule has 0 saturated heterocycles. The lowest BCUT2D eigenvalue weighted by atomic mass is 10.2. The highest BCUT2D eigenvalue weighted by Gasteiger charge is 2.12. The van der Waals surface area contributed by atoms with Gasteiger partial charge in [-0.25, -0.2) is 0 Å². The van der Waals surface area contributed by atoms with Crippen molar-refractivity contribution in [1.82, 2.24) is 15.8 Å². The molecule has 3 rings (SSSR count). The lowest BCUT2D eigenvalue weighted by Crippen LogP contribution is -2.40. The molecule has 0 saturated carbocycles. The molecule has 1 aliphatic heterocycles. The van der Waals surface area contributed by atoms with Crippen LogP contribution in [0.2, 0.25) is 0 Å². The van der Waals surface area contributed by atoms with E-state index in [9.17, 15) is 4.79 Å². The van der Waals surface area contributed by atoms with Crippen LogP contribution in [0.15, 0.2) is 35.5 Å². The Morgan fingerprint density at radius 3 is 3.06 bits per heavy atom. The van der Waals surface area contributed by atoms with E-state index < -0.39 is 0 Å². The maximum atomic E-state index is 12.0. The number of aromatic amines is 1. The summed E-state index contributed by atoms with van der Waals surface area (Å²) < 4.78 is 0. The third kappa shape index (κ3) is 1.95. The van der Waals surface area contributed by atoms with E-state index in [1.165, 1.54) is 0 Å². The fourth-order valence-electron chi connectivity index (χ4n) is 2.10. The van der Waals surface area contributed by atoms with Gasteiger partial charge in [0.05, 0.1) is 5.56 Å². The minimum absolute atomic E-state index is 0.151. The van der Waals surface area contributed by atoms with Crippen LogP contribution in [0.1, 0.15) is 23.2 Å². The third-order valence-electron chi connectivity index (χ3n) is 3.03. The van der Waals surface area contributed by atoms with E-state index in [1.54, 1.807) is 6.20 Å². The Hall–Kier alpha value is -2.30. The average molecular weight is 242 g/mol. The molecule has 0 radical (unpaired) electrons. The number of hydrogen-bond donors (Lipinski definition) is 3. The van der Waals surface area contributed by atoms with Gasteiger partial charge in [-0.2, -0.15) is 0 Å². The summed E-state index contributed by atoms with van der Waals surface area (Å²) in [5, 5.41) is 0.921. The number of aliphatic imine (C=N–C) groups is 1. The van der Waals surface area contributed by atoms with Gasteiger partial charge in [-0.1, -0.05) is 18.2 Å². The van der Waals surface area contributed by atoms with Crippen molar-refractivity contribution >= 4 is 22.6 Å². The van der Waals surface area contributed by atoms with Gasteiger partial charge >= 0.3 is 0 Å². The second-order valence-corrected chi connectivity index (χ2v) is 4.26. The van der Waals surface area contributed by atoms with Gasteiger partial charge in [0.2, 0.25) is 0 Å². The fraction of sp³-hybridized carbons (Fsp3) is 0.231. The molecule has 5 nitrogen and oxygen atoms in total. The molecule has 0 spiro atoms. The highest BCUT2D eigenvalue weighted by atomic mass is 16.2. The molecular formula is C13H14N4O. The number of fused-ring (bicyclic) bond motifs is 1. The second-order valence-electron chi connectivity index (χ2n) is 4.26. The summed E-state index contributed by atoms with van der Waals surface area (Å²) >= 11 is 0. The summed E-state index contributed by atoms with van der Waals surface area (Å²) in [6.45, 7) is 0.839. The number of carbonyl (C=O) groups is 1. The Morgan fingerprint density at radius 2 is 2.22 bits per heavy atom. The average Bonchev–Trinajstić information content (AvgIpc) is 3.05. The smallest absolute Gasteiger partial charge is 0.271 e. The Morgan fingerprint density at radius 1 is 1.33 bits per heavy atom. The van der Waals surface area contributed by atoms with Gasteiger partial charge in [0.25, 0.3) is 5.91 Å². The summed E-state index contributed by atoms with van der Waals surface area (Å²) in [5.41, 5.74) is 7.15. The molecule has 0 bridgehead atoms.